The number of phosphoric acid groups is 1. The Labute approximate surface area is 262 Å². The molecule has 0 aliphatic carbocycles. The van der Waals surface area contributed by atoms with Gasteiger partial charge in [-0.2, -0.15) is 4.98 Å². The van der Waals surface area contributed by atoms with E-state index in [0.717, 1.165) is 17.2 Å². The molecule has 21 nitrogen and oxygen atoms in total. The van der Waals surface area contributed by atoms with Gasteiger partial charge < -0.3 is 30.9 Å². The minimum absolute atomic E-state index is 0.0314. The van der Waals surface area contributed by atoms with Crippen LogP contribution in [0.2, 0.25) is 0 Å². The molecule has 3 fully saturated rings. The molecule has 46 heavy (non-hydrogen) atoms. The molecular formula is C21H27FN10O11P2S. The number of phosphoric ester groups is 1. The zero-order valence-corrected chi connectivity index (χ0v) is 26.2. The van der Waals surface area contributed by atoms with Gasteiger partial charge >= 0.3 is 14.6 Å². The Bertz CT molecular complexity index is 1860. The van der Waals surface area contributed by atoms with E-state index in [2.05, 4.69) is 48.9 Å². The molecule has 3 aromatic rings. The third-order valence-corrected chi connectivity index (χ3v) is 9.89. The average Bonchev–Trinajstić information content (AvgIpc) is 3.75. The monoisotopic (exact) mass is 708 g/mol. The van der Waals surface area contributed by atoms with Crippen molar-refractivity contribution in [3.05, 3.63) is 28.7 Å². The van der Waals surface area contributed by atoms with Crippen molar-refractivity contribution in [2.45, 2.75) is 49.1 Å². The fourth-order valence-electron chi connectivity index (χ4n) is 5.19. The number of anilines is 1. The van der Waals surface area contributed by atoms with Crippen LogP contribution in [-0.2, 0) is 36.7 Å². The molecule has 0 aromatic carbocycles. The number of thiol groups is 1. The molecule has 6 rings (SSSR count). The van der Waals surface area contributed by atoms with Crippen molar-refractivity contribution < 1.29 is 51.1 Å². The van der Waals surface area contributed by atoms with Crippen LogP contribution < -0.4 is 17.0 Å². The Morgan fingerprint density at radius 2 is 1.85 bits per heavy atom. The lowest BCUT2D eigenvalue weighted by Gasteiger charge is -2.26. The number of H-pyrrole nitrogens is 1. The van der Waals surface area contributed by atoms with Gasteiger partial charge in [0.2, 0.25) is 5.95 Å². The highest BCUT2D eigenvalue weighted by Crippen LogP contribution is 2.58. The normalized spacial score (nSPS) is 37.4. The summed E-state index contributed by atoms with van der Waals surface area (Å²) in [6, 6.07) is 0. The summed E-state index contributed by atoms with van der Waals surface area (Å²) >= 11 is 4.01. The quantitative estimate of drug-likeness (QED) is 0.0879. The number of aromatic nitrogens is 6. The second kappa shape index (κ2) is 12.2. The maximum Gasteiger partial charge on any atom is 0.472 e. The number of hydrogen-bond acceptors (Lipinski definition) is 16. The molecule has 3 aliphatic heterocycles. The van der Waals surface area contributed by atoms with Crippen LogP contribution in [0.1, 0.15) is 18.1 Å². The van der Waals surface area contributed by atoms with Crippen molar-refractivity contribution in [1.29, 1.82) is 0 Å². The molecule has 3 saturated heterocycles. The number of nitrogens with two attached hydrogens (primary N) is 2. The van der Waals surface area contributed by atoms with Crippen molar-refractivity contribution in [3.8, 4) is 0 Å². The molecular weight excluding hydrogens is 681 g/mol. The van der Waals surface area contributed by atoms with E-state index in [-0.39, 0.29) is 34.5 Å². The summed E-state index contributed by atoms with van der Waals surface area (Å²) in [5.74, 6) is -0.333. The number of halogens is 1. The molecule has 7 N–H and O–H groups in total. The lowest BCUT2D eigenvalue weighted by atomic mass is 10.1. The lowest BCUT2D eigenvalue weighted by Crippen LogP contribution is -2.35. The van der Waals surface area contributed by atoms with Crippen molar-refractivity contribution in [3.63, 3.8) is 0 Å². The number of nitrogen functional groups attached to an aromatic ring is 1. The van der Waals surface area contributed by atoms with E-state index in [9.17, 15) is 23.9 Å². The van der Waals surface area contributed by atoms with Gasteiger partial charge in [0.05, 0.1) is 25.9 Å². The van der Waals surface area contributed by atoms with E-state index in [0.29, 0.717) is 0 Å². The van der Waals surface area contributed by atoms with E-state index in [1.807, 2.05) is 0 Å². The van der Waals surface area contributed by atoms with Crippen LogP contribution in [0.15, 0.2) is 27.4 Å². The van der Waals surface area contributed by atoms with E-state index >= 15 is 4.39 Å². The van der Waals surface area contributed by atoms with Crippen LogP contribution in [0.5, 0.6) is 0 Å². The summed E-state index contributed by atoms with van der Waals surface area (Å²) in [5.41, 5.74) is 10.7. The number of aliphatic hydroxyl groups excluding tert-OH is 1. The molecule has 5 unspecified atom stereocenters. The largest absolute Gasteiger partial charge is 0.472 e. The predicted molar refractivity (Wildman–Crippen MR) is 157 cm³/mol. The second-order valence-electron chi connectivity index (χ2n) is 10.1. The number of ether oxygens (including phenoxy) is 2. The zero-order chi connectivity index (χ0) is 33.1. The third-order valence-electron chi connectivity index (χ3n) is 7.29. The van der Waals surface area contributed by atoms with Crippen molar-refractivity contribution in [2.24, 2.45) is 15.7 Å². The van der Waals surface area contributed by atoms with E-state index < -0.39 is 82.5 Å². The number of aliphatic hydroxyl groups is 1. The summed E-state index contributed by atoms with van der Waals surface area (Å²) in [5, 5.41) is 11.1. The molecule has 3 aliphatic rings. The number of aromatic amines is 1. The molecule has 25 heteroatoms. The van der Waals surface area contributed by atoms with Gasteiger partial charge in [0.15, 0.2) is 35.6 Å². The molecule has 10 atom stereocenters. The van der Waals surface area contributed by atoms with Gasteiger partial charge in [-0.15, -0.1) is 0 Å². The second-order valence-corrected chi connectivity index (χ2v) is 14.4. The number of aliphatic imine (C=N–C) groups is 2. The average molecular weight is 709 g/mol. The number of alkyl halides is 1. The number of amidine groups is 1. The van der Waals surface area contributed by atoms with Gasteiger partial charge in [-0.1, -0.05) is 12.2 Å². The smallest absolute Gasteiger partial charge is 0.387 e. The van der Waals surface area contributed by atoms with Crippen LogP contribution in [0.4, 0.5) is 16.2 Å². The highest BCUT2D eigenvalue weighted by atomic mass is 32.7. The molecule has 0 spiro atoms. The van der Waals surface area contributed by atoms with Gasteiger partial charge in [0, 0.05) is 7.05 Å². The molecule has 0 saturated carbocycles. The zero-order valence-electron chi connectivity index (χ0n) is 23.5. The van der Waals surface area contributed by atoms with Crippen LogP contribution >= 0.6 is 26.9 Å². The third kappa shape index (κ3) is 5.92. The number of nitrogens with zero attached hydrogens (tertiary/aromatic N) is 7. The lowest BCUT2D eigenvalue weighted by molar-refractivity contribution is -0.0620. The van der Waals surface area contributed by atoms with Crippen LogP contribution in [0, 0.1) is 0 Å². The SMILES string of the molecule is C=Nc1c(/C(N)=N\C)ncn1[C@@H]1O[C@@H]2CO[P@](=O)(S)OC3C(O)[C@@H](COP(=O)(O)OC2C1F)O[C@H]3n1cnc2c(=O)[nH]c(N)nc21. The van der Waals surface area contributed by atoms with Gasteiger partial charge in [-0.25, -0.2) is 28.5 Å². The topological polar surface area (TPSA) is 288 Å². The Kier molecular flexibility index (Phi) is 8.70. The first kappa shape index (κ1) is 32.8. The fourth-order valence-corrected chi connectivity index (χ4v) is 7.60. The summed E-state index contributed by atoms with van der Waals surface area (Å²) in [6.07, 6.45) is -11.0. The van der Waals surface area contributed by atoms with Crippen molar-refractivity contribution >= 4 is 62.4 Å². The molecule has 6 heterocycles. The maximum absolute atomic E-state index is 16.0. The van der Waals surface area contributed by atoms with Gasteiger partial charge in [0.1, 0.15) is 42.0 Å². The molecule has 3 aromatic heterocycles. The number of imidazole rings is 2. The van der Waals surface area contributed by atoms with Crippen LogP contribution in [-0.4, -0.2) is 109 Å². The predicted octanol–water partition coefficient (Wildman–Crippen LogP) is -0.285. The van der Waals surface area contributed by atoms with Crippen molar-refractivity contribution in [1.82, 2.24) is 29.1 Å². The Hall–Kier alpha value is -3.08. The van der Waals surface area contributed by atoms with Gasteiger partial charge in [0.25, 0.3) is 5.56 Å². The van der Waals surface area contributed by atoms with Crippen molar-refractivity contribution in [2.75, 3.05) is 26.0 Å². The van der Waals surface area contributed by atoms with E-state index in [1.165, 1.54) is 11.6 Å². The van der Waals surface area contributed by atoms with E-state index in [4.69, 9.17) is 39.0 Å². The van der Waals surface area contributed by atoms with E-state index in [1.54, 1.807) is 0 Å². The number of nitrogens with one attached hydrogen (secondary N) is 1. The first-order valence-corrected chi connectivity index (χ1v) is 17.4. The summed E-state index contributed by atoms with van der Waals surface area (Å²) in [4.78, 5) is 44.9. The van der Waals surface area contributed by atoms with Gasteiger partial charge in [-0.3, -0.25) is 42.0 Å². The Morgan fingerprint density at radius 1 is 1.15 bits per heavy atom. The maximum atomic E-state index is 16.0. The summed E-state index contributed by atoms with van der Waals surface area (Å²) in [6.45, 7) is -2.61. The summed E-state index contributed by atoms with van der Waals surface area (Å²) in [7, 11) is -3.72. The Balaban J connectivity index is 1.32. The number of hydrogen-bond donors (Lipinski definition) is 6. The first-order chi connectivity index (χ1) is 21.7. The highest BCUT2D eigenvalue weighted by Gasteiger charge is 2.54. The minimum atomic E-state index is -5.12. The number of fused-ring (bicyclic) bond motifs is 4. The molecule has 2 bridgehead atoms. The molecule has 250 valence electrons. The van der Waals surface area contributed by atoms with Gasteiger partial charge in [-0.05, 0) is 6.72 Å². The summed E-state index contributed by atoms with van der Waals surface area (Å²) < 4.78 is 77.7. The fraction of sp³-hybridized carbons (Fsp3) is 0.524. The molecule has 0 amide bonds. The van der Waals surface area contributed by atoms with Crippen LogP contribution in [0.3, 0.4) is 0 Å². The Morgan fingerprint density at radius 3 is 2.57 bits per heavy atom. The highest BCUT2D eigenvalue weighted by molar-refractivity contribution is 8.44. The standard InChI is InChI=1S/C21H27FN10O11P2S/c1-25-15(23)10-16(26-2)31(5-27-10)19-9(22)13-8(41-19)4-39-45(37,46)43-14-12(33)7(3-38-44(35,36)42-13)40-20(14)32-6-28-11-17(32)29-21(24)30-18(11)34/h5-9,12-14,19-20,33H,2-4H2,1H3,(H2,23,25)(H,35,36)(H,37,46)(H3,24,29,30,34)/t7-,8-,9?,12?,13?,14?,19-,20-,45+/m1/s1. The van der Waals surface area contributed by atoms with Crippen LogP contribution in [0.25, 0.3) is 11.2 Å². The minimum Gasteiger partial charge on any atom is -0.387 e. The number of rotatable bonds is 4. The molecule has 0 radical (unpaired) electrons. The first-order valence-electron chi connectivity index (χ1n) is 13.2.